The van der Waals surface area contributed by atoms with Gasteiger partial charge in [0.05, 0.1) is 0 Å². The van der Waals surface area contributed by atoms with Gasteiger partial charge in [0.2, 0.25) is 0 Å². The molecular formula is C15H23N3O. The molecule has 2 rings (SSSR count). The number of amides is 1. The molecule has 104 valence electrons. The van der Waals surface area contributed by atoms with Gasteiger partial charge < -0.3 is 0 Å². The van der Waals surface area contributed by atoms with Crippen molar-refractivity contribution in [3.63, 3.8) is 0 Å². The van der Waals surface area contributed by atoms with E-state index in [0.717, 1.165) is 24.6 Å². The first kappa shape index (κ1) is 14.0. The number of nitrogens with two attached hydrogens (primary N) is 1. The van der Waals surface area contributed by atoms with Crippen molar-refractivity contribution in [1.29, 1.82) is 0 Å². The van der Waals surface area contributed by atoms with E-state index in [0.29, 0.717) is 0 Å². The van der Waals surface area contributed by atoms with Gasteiger partial charge in [0.1, 0.15) is 6.04 Å². The minimum atomic E-state index is -0.281. The second-order valence-corrected chi connectivity index (χ2v) is 5.21. The van der Waals surface area contributed by atoms with Crippen LogP contribution in [-0.4, -0.2) is 23.9 Å². The predicted octanol–water partition coefficient (Wildman–Crippen LogP) is 1.84. The zero-order chi connectivity index (χ0) is 13.7. The number of hydrogen-bond acceptors (Lipinski definition) is 3. The fourth-order valence-corrected chi connectivity index (χ4v) is 2.67. The highest BCUT2D eigenvalue weighted by molar-refractivity contribution is 5.82. The van der Waals surface area contributed by atoms with Crippen LogP contribution in [0.5, 0.6) is 0 Å². The highest BCUT2D eigenvalue weighted by Crippen LogP contribution is 2.30. The summed E-state index contributed by atoms with van der Waals surface area (Å²) in [6.45, 7) is 3.92. The van der Waals surface area contributed by atoms with Crippen LogP contribution in [-0.2, 0) is 4.79 Å². The SMILES string of the molecule is CCN(CC1CCC1)C(C(=O)NN)c1ccccc1. The Morgan fingerprint density at radius 3 is 2.58 bits per heavy atom. The first-order valence-corrected chi connectivity index (χ1v) is 7.05. The maximum atomic E-state index is 12.1. The van der Waals surface area contributed by atoms with Crippen molar-refractivity contribution < 1.29 is 4.79 Å². The fourth-order valence-electron chi connectivity index (χ4n) is 2.67. The van der Waals surface area contributed by atoms with Crippen LogP contribution < -0.4 is 11.3 Å². The van der Waals surface area contributed by atoms with E-state index >= 15 is 0 Å². The Kier molecular flexibility index (Phi) is 4.93. The molecule has 1 unspecified atom stereocenters. The lowest BCUT2D eigenvalue weighted by Crippen LogP contribution is -2.45. The predicted molar refractivity (Wildman–Crippen MR) is 76.1 cm³/mol. The molecule has 0 aromatic heterocycles. The van der Waals surface area contributed by atoms with Gasteiger partial charge in [0.25, 0.3) is 5.91 Å². The second kappa shape index (κ2) is 6.68. The first-order chi connectivity index (χ1) is 9.26. The normalized spacial score (nSPS) is 17.0. The van der Waals surface area contributed by atoms with Gasteiger partial charge in [0, 0.05) is 6.54 Å². The number of hydrazine groups is 1. The summed E-state index contributed by atoms with van der Waals surface area (Å²) in [4.78, 5) is 14.3. The number of carbonyl (C=O) groups is 1. The number of nitrogens with zero attached hydrogens (tertiary/aromatic N) is 1. The van der Waals surface area contributed by atoms with Crippen molar-refractivity contribution in [1.82, 2.24) is 10.3 Å². The second-order valence-electron chi connectivity index (χ2n) is 5.21. The van der Waals surface area contributed by atoms with Crippen LogP contribution in [0, 0.1) is 5.92 Å². The monoisotopic (exact) mass is 261 g/mol. The van der Waals surface area contributed by atoms with E-state index < -0.39 is 0 Å². The smallest absolute Gasteiger partial charge is 0.255 e. The highest BCUT2D eigenvalue weighted by Gasteiger charge is 2.29. The van der Waals surface area contributed by atoms with Gasteiger partial charge in [-0.25, -0.2) is 5.84 Å². The minimum Gasteiger partial charge on any atom is -0.293 e. The molecule has 1 saturated carbocycles. The number of benzene rings is 1. The Morgan fingerprint density at radius 2 is 2.11 bits per heavy atom. The molecule has 0 bridgehead atoms. The lowest BCUT2D eigenvalue weighted by Gasteiger charge is -2.36. The number of hydrogen-bond donors (Lipinski definition) is 2. The molecule has 0 heterocycles. The summed E-state index contributed by atoms with van der Waals surface area (Å²) >= 11 is 0. The molecule has 1 aliphatic rings. The van der Waals surface area contributed by atoms with Crippen LogP contribution in [0.4, 0.5) is 0 Å². The Hall–Kier alpha value is -1.39. The van der Waals surface area contributed by atoms with Crippen molar-refractivity contribution in [3.8, 4) is 0 Å². The fraction of sp³-hybridized carbons (Fsp3) is 0.533. The van der Waals surface area contributed by atoms with Gasteiger partial charge in [-0.2, -0.15) is 0 Å². The third-order valence-corrected chi connectivity index (χ3v) is 3.99. The number of carbonyl (C=O) groups excluding carboxylic acids is 1. The molecule has 0 aliphatic heterocycles. The Morgan fingerprint density at radius 1 is 1.42 bits per heavy atom. The van der Waals surface area contributed by atoms with E-state index in [1.807, 2.05) is 30.3 Å². The topological polar surface area (TPSA) is 58.4 Å². The molecule has 1 fully saturated rings. The third-order valence-electron chi connectivity index (χ3n) is 3.99. The molecule has 1 aromatic rings. The zero-order valence-corrected chi connectivity index (χ0v) is 11.5. The lowest BCUT2D eigenvalue weighted by atomic mass is 9.84. The summed E-state index contributed by atoms with van der Waals surface area (Å²) < 4.78 is 0. The molecule has 4 nitrogen and oxygen atoms in total. The van der Waals surface area contributed by atoms with Crippen molar-refractivity contribution in [2.24, 2.45) is 11.8 Å². The molecule has 1 aliphatic carbocycles. The number of nitrogens with one attached hydrogen (secondary N) is 1. The van der Waals surface area contributed by atoms with E-state index in [-0.39, 0.29) is 11.9 Å². The minimum absolute atomic E-state index is 0.132. The number of rotatable bonds is 6. The summed E-state index contributed by atoms with van der Waals surface area (Å²) in [6.07, 6.45) is 3.88. The average molecular weight is 261 g/mol. The van der Waals surface area contributed by atoms with Crippen LogP contribution in [0.2, 0.25) is 0 Å². The summed E-state index contributed by atoms with van der Waals surface area (Å²) in [5, 5.41) is 0. The zero-order valence-electron chi connectivity index (χ0n) is 11.5. The van der Waals surface area contributed by atoms with Gasteiger partial charge in [0.15, 0.2) is 0 Å². The maximum Gasteiger partial charge on any atom is 0.255 e. The van der Waals surface area contributed by atoms with E-state index in [9.17, 15) is 4.79 Å². The molecule has 1 amide bonds. The van der Waals surface area contributed by atoms with Crippen LogP contribution in [0.3, 0.4) is 0 Å². The molecule has 4 heteroatoms. The summed E-state index contributed by atoms with van der Waals surface area (Å²) in [5.74, 6) is 5.95. The quantitative estimate of drug-likeness (QED) is 0.467. The molecular weight excluding hydrogens is 238 g/mol. The van der Waals surface area contributed by atoms with Crippen molar-refractivity contribution >= 4 is 5.91 Å². The number of likely N-dealkylation sites (N-methyl/N-ethyl adjacent to an activating group) is 1. The van der Waals surface area contributed by atoms with Gasteiger partial charge >= 0.3 is 0 Å². The summed E-state index contributed by atoms with van der Waals surface area (Å²) in [5.41, 5.74) is 3.31. The standard InChI is InChI=1S/C15H23N3O/c1-2-18(11-12-7-6-8-12)14(15(19)17-16)13-9-4-3-5-10-13/h3-5,9-10,12,14H,2,6-8,11,16H2,1H3,(H,17,19). The summed E-state index contributed by atoms with van der Waals surface area (Å²) in [7, 11) is 0. The molecule has 0 saturated heterocycles. The van der Waals surface area contributed by atoms with Gasteiger partial charge in [-0.15, -0.1) is 0 Å². The lowest BCUT2D eigenvalue weighted by molar-refractivity contribution is -0.127. The molecule has 0 spiro atoms. The van der Waals surface area contributed by atoms with Crippen LogP contribution >= 0.6 is 0 Å². The molecule has 19 heavy (non-hydrogen) atoms. The van der Waals surface area contributed by atoms with Gasteiger partial charge in [-0.05, 0) is 30.9 Å². The largest absolute Gasteiger partial charge is 0.293 e. The summed E-state index contributed by atoms with van der Waals surface area (Å²) in [6, 6.07) is 9.58. The van der Waals surface area contributed by atoms with E-state index in [2.05, 4.69) is 17.2 Å². The molecule has 1 atom stereocenters. The van der Waals surface area contributed by atoms with Crippen LogP contribution in [0.25, 0.3) is 0 Å². The van der Waals surface area contributed by atoms with Gasteiger partial charge in [-0.3, -0.25) is 15.1 Å². The molecule has 3 N–H and O–H groups in total. The Bertz CT molecular complexity index is 403. The maximum absolute atomic E-state index is 12.1. The Balaban J connectivity index is 2.17. The third kappa shape index (κ3) is 3.33. The molecule has 1 aromatic carbocycles. The van der Waals surface area contributed by atoms with E-state index in [1.165, 1.54) is 19.3 Å². The van der Waals surface area contributed by atoms with E-state index in [4.69, 9.17) is 5.84 Å². The Labute approximate surface area is 114 Å². The van der Waals surface area contributed by atoms with Gasteiger partial charge in [-0.1, -0.05) is 43.7 Å². The van der Waals surface area contributed by atoms with Crippen molar-refractivity contribution in [2.75, 3.05) is 13.1 Å². The average Bonchev–Trinajstić information content (AvgIpc) is 2.41. The van der Waals surface area contributed by atoms with Crippen molar-refractivity contribution in [2.45, 2.75) is 32.2 Å². The van der Waals surface area contributed by atoms with Crippen LogP contribution in [0.15, 0.2) is 30.3 Å². The first-order valence-electron chi connectivity index (χ1n) is 7.05. The molecule has 0 radical (unpaired) electrons. The van der Waals surface area contributed by atoms with Crippen LogP contribution in [0.1, 0.15) is 37.8 Å². The van der Waals surface area contributed by atoms with Crippen molar-refractivity contribution in [3.05, 3.63) is 35.9 Å². The van der Waals surface area contributed by atoms with E-state index in [1.54, 1.807) is 0 Å². The highest BCUT2D eigenvalue weighted by atomic mass is 16.2.